The second-order valence-corrected chi connectivity index (χ2v) is 4.87. The number of rotatable bonds is 5. The molecular weight excluding hydrogens is 276 g/mol. The van der Waals surface area contributed by atoms with E-state index in [9.17, 15) is 4.79 Å². The molecule has 1 aromatic carbocycles. The van der Waals surface area contributed by atoms with E-state index in [0.717, 1.165) is 18.0 Å². The topological polar surface area (TPSA) is 62.2 Å². The maximum absolute atomic E-state index is 10.9. The predicted molar refractivity (Wildman–Crippen MR) is 79.6 cm³/mol. The summed E-state index contributed by atoms with van der Waals surface area (Å²) in [6, 6.07) is 10.9. The molecule has 2 rings (SSSR count). The molecule has 0 spiro atoms. The molecule has 1 aromatic heterocycles. The number of carboxylic acid groups (broad SMARTS) is 1. The first-order valence-corrected chi connectivity index (χ1v) is 6.63. The van der Waals surface area contributed by atoms with Crippen molar-refractivity contribution in [1.82, 2.24) is 4.98 Å². The van der Waals surface area contributed by atoms with Crippen LogP contribution < -0.4 is 5.32 Å². The lowest BCUT2D eigenvalue weighted by Crippen LogP contribution is -2.08. The van der Waals surface area contributed by atoms with E-state index in [2.05, 4.69) is 10.3 Å². The summed E-state index contributed by atoms with van der Waals surface area (Å²) in [7, 11) is 0. The van der Waals surface area contributed by atoms with Crippen molar-refractivity contribution < 1.29 is 9.90 Å². The van der Waals surface area contributed by atoms with Crippen molar-refractivity contribution in [3.63, 3.8) is 0 Å². The van der Waals surface area contributed by atoms with E-state index in [4.69, 9.17) is 16.7 Å². The van der Waals surface area contributed by atoms with Gasteiger partial charge in [-0.25, -0.2) is 9.78 Å². The Bertz CT molecular complexity index is 612. The molecule has 0 atom stereocenters. The quantitative estimate of drug-likeness (QED) is 0.886. The maximum Gasteiger partial charge on any atom is 0.337 e. The van der Waals surface area contributed by atoms with Crippen molar-refractivity contribution in [2.45, 2.75) is 13.3 Å². The predicted octanol–water partition coefficient (Wildman–Crippen LogP) is 3.40. The third-order valence-corrected chi connectivity index (χ3v) is 3.20. The van der Waals surface area contributed by atoms with Crippen LogP contribution in [0.25, 0.3) is 0 Å². The Morgan fingerprint density at radius 2 is 1.95 bits per heavy atom. The van der Waals surface area contributed by atoms with Gasteiger partial charge in [0.1, 0.15) is 5.82 Å². The molecule has 2 aromatic rings. The van der Waals surface area contributed by atoms with E-state index >= 15 is 0 Å². The van der Waals surface area contributed by atoms with Crippen LogP contribution in [0.2, 0.25) is 5.02 Å². The van der Waals surface area contributed by atoms with Crippen LogP contribution in [-0.2, 0) is 6.42 Å². The van der Waals surface area contributed by atoms with Gasteiger partial charge < -0.3 is 10.4 Å². The van der Waals surface area contributed by atoms with Crippen LogP contribution >= 0.6 is 11.6 Å². The van der Waals surface area contributed by atoms with Crippen molar-refractivity contribution in [2.75, 3.05) is 11.9 Å². The first kappa shape index (κ1) is 14.3. The Balaban J connectivity index is 1.92. The Morgan fingerprint density at radius 1 is 1.25 bits per heavy atom. The van der Waals surface area contributed by atoms with Gasteiger partial charge in [-0.3, -0.25) is 0 Å². The third-order valence-electron chi connectivity index (χ3n) is 2.95. The molecule has 20 heavy (non-hydrogen) atoms. The van der Waals surface area contributed by atoms with Gasteiger partial charge in [0, 0.05) is 11.6 Å². The number of hydrogen-bond acceptors (Lipinski definition) is 3. The molecule has 0 fully saturated rings. The van der Waals surface area contributed by atoms with Crippen LogP contribution in [0.1, 0.15) is 21.6 Å². The molecule has 2 N–H and O–H groups in total. The van der Waals surface area contributed by atoms with Crippen LogP contribution in [0, 0.1) is 6.92 Å². The van der Waals surface area contributed by atoms with Crippen molar-refractivity contribution in [3.8, 4) is 0 Å². The first-order valence-electron chi connectivity index (χ1n) is 6.25. The average molecular weight is 291 g/mol. The summed E-state index contributed by atoms with van der Waals surface area (Å²) in [5.74, 6) is -0.274. The van der Waals surface area contributed by atoms with Gasteiger partial charge in [0.05, 0.1) is 11.3 Å². The van der Waals surface area contributed by atoms with Gasteiger partial charge in [-0.05, 0) is 43.2 Å². The summed E-state index contributed by atoms with van der Waals surface area (Å²) in [6.07, 6.45) is 0.846. The van der Waals surface area contributed by atoms with Gasteiger partial charge in [-0.1, -0.05) is 23.7 Å². The average Bonchev–Trinajstić information content (AvgIpc) is 2.41. The van der Waals surface area contributed by atoms with E-state index in [1.165, 1.54) is 5.56 Å². The Morgan fingerprint density at radius 3 is 2.55 bits per heavy atom. The fourth-order valence-corrected chi connectivity index (χ4v) is 2.00. The third kappa shape index (κ3) is 3.71. The fourth-order valence-electron chi connectivity index (χ4n) is 1.87. The molecule has 0 aliphatic rings. The lowest BCUT2D eigenvalue weighted by atomic mass is 10.1. The van der Waals surface area contributed by atoms with Crippen molar-refractivity contribution >= 4 is 23.4 Å². The summed E-state index contributed by atoms with van der Waals surface area (Å²) in [5.41, 5.74) is 1.92. The largest absolute Gasteiger partial charge is 0.478 e. The zero-order valence-electron chi connectivity index (χ0n) is 11.1. The molecule has 5 heteroatoms. The molecule has 0 bridgehead atoms. The molecule has 0 aliphatic carbocycles. The summed E-state index contributed by atoms with van der Waals surface area (Å²) in [5, 5.41) is 12.8. The number of halogens is 1. The Kier molecular flexibility index (Phi) is 4.58. The van der Waals surface area contributed by atoms with Crippen molar-refractivity contribution in [1.29, 1.82) is 0 Å². The molecule has 0 aliphatic heterocycles. The second kappa shape index (κ2) is 6.39. The van der Waals surface area contributed by atoms with Gasteiger partial charge in [0.15, 0.2) is 0 Å². The molecule has 0 radical (unpaired) electrons. The number of hydrogen-bond donors (Lipinski definition) is 2. The van der Waals surface area contributed by atoms with Crippen LogP contribution in [-0.4, -0.2) is 22.6 Å². The highest BCUT2D eigenvalue weighted by atomic mass is 35.5. The number of aromatic nitrogens is 1. The minimum Gasteiger partial charge on any atom is -0.478 e. The SMILES string of the molecule is Cc1nc(NCCc2ccc(Cl)cc2)ccc1C(=O)O. The monoisotopic (exact) mass is 290 g/mol. The number of nitrogens with one attached hydrogen (secondary N) is 1. The summed E-state index contributed by atoms with van der Waals surface area (Å²) in [4.78, 5) is 15.1. The van der Waals surface area contributed by atoms with Gasteiger partial charge >= 0.3 is 5.97 Å². The smallest absolute Gasteiger partial charge is 0.337 e. The molecule has 104 valence electrons. The van der Waals surface area contributed by atoms with Gasteiger partial charge in [-0.15, -0.1) is 0 Å². The van der Waals surface area contributed by atoms with E-state index in [1.807, 2.05) is 24.3 Å². The zero-order valence-corrected chi connectivity index (χ0v) is 11.8. The number of carboxylic acids is 1. The maximum atomic E-state index is 10.9. The molecule has 0 unspecified atom stereocenters. The normalized spacial score (nSPS) is 10.3. The van der Waals surface area contributed by atoms with E-state index in [0.29, 0.717) is 11.5 Å². The first-order chi connectivity index (χ1) is 9.56. The highest BCUT2D eigenvalue weighted by Gasteiger charge is 2.08. The van der Waals surface area contributed by atoms with E-state index in [1.54, 1.807) is 19.1 Å². The number of pyridine rings is 1. The number of carbonyl (C=O) groups is 1. The Labute approximate surface area is 122 Å². The molecule has 4 nitrogen and oxygen atoms in total. The number of aromatic carboxylic acids is 1. The van der Waals surface area contributed by atoms with E-state index < -0.39 is 5.97 Å². The fraction of sp³-hybridized carbons (Fsp3) is 0.200. The van der Waals surface area contributed by atoms with Crippen LogP contribution in [0.5, 0.6) is 0 Å². The molecule has 0 saturated carbocycles. The lowest BCUT2D eigenvalue weighted by molar-refractivity contribution is 0.0695. The summed E-state index contributed by atoms with van der Waals surface area (Å²) >= 11 is 5.83. The number of anilines is 1. The zero-order chi connectivity index (χ0) is 14.5. The lowest BCUT2D eigenvalue weighted by Gasteiger charge is -2.08. The standard InChI is InChI=1S/C15H15ClN2O2/c1-10-13(15(19)20)6-7-14(18-10)17-9-8-11-2-4-12(16)5-3-11/h2-7H,8-9H2,1H3,(H,17,18)(H,19,20). The number of nitrogens with zero attached hydrogens (tertiary/aromatic N) is 1. The molecule has 0 amide bonds. The Hall–Kier alpha value is -2.07. The van der Waals surface area contributed by atoms with Gasteiger partial charge in [0.2, 0.25) is 0 Å². The van der Waals surface area contributed by atoms with Crippen LogP contribution in [0.15, 0.2) is 36.4 Å². The molecule has 0 saturated heterocycles. The summed E-state index contributed by atoms with van der Waals surface area (Å²) in [6.45, 7) is 2.41. The minimum absolute atomic E-state index is 0.230. The molecular formula is C15H15ClN2O2. The number of aryl methyl sites for hydroxylation is 1. The van der Waals surface area contributed by atoms with E-state index in [-0.39, 0.29) is 5.56 Å². The van der Waals surface area contributed by atoms with Gasteiger partial charge in [-0.2, -0.15) is 0 Å². The summed E-state index contributed by atoms with van der Waals surface area (Å²) < 4.78 is 0. The van der Waals surface area contributed by atoms with Crippen molar-refractivity contribution in [2.24, 2.45) is 0 Å². The molecule has 1 heterocycles. The van der Waals surface area contributed by atoms with Crippen LogP contribution in [0.3, 0.4) is 0 Å². The highest BCUT2D eigenvalue weighted by Crippen LogP contribution is 2.12. The van der Waals surface area contributed by atoms with Gasteiger partial charge in [0.25, 0.3) is 0 Å². The van der Waals surface area contributed by atoms with Crippen molar-refractivity contribution in [3.05, 3.63) is 58.2 Å². The highest BCUT2D eigenvalue weighted by molar-refractivity contribution is 6.30. The number of benzene rings is 1. The second-order valence-electron chi connectivity index (χ2n) is 4.44. The van der Waals surface area contributed by atoms with Crippen LogP contribution in [0.4, 0.5) is 5.82 Å². The minimum atomic E-state index is -0.956.